The molecule has 1 aliphatic carbocycles. The maximum Gasteiger partial charge on any atom is 0.430 e. The molecule has 3 rings (SSSR count). The summed E-state index contributed by atoms with van der Waals surface area (Å²) in [4.78, 5) is 0. The molecule has 1 aliphatic heterocycles. The molecule has 34 heavy (non-hydrogen) atoms. The summed E-state index contributed by atoms with van der Waals surface area (Å²) in [6.07, 6.45) is 14.5. The van der Waals surface area contributed by atoms with Gasteiger partial charge in [0.25, 0.3) is 0 Å². The predicted octanol–water partition coefficient (Wildman–Crippen LogP) is 9.76. The summed E-state index contributed by atoms with van der Waals surface area (Å²) in [5.41, 5.74) is -0.510. The van der Waals surface area contributed by atoms with Crippen molar-refractivity contribution in [1.29, 1.82) is 0 Å². The fourth-order valence-electron chi connectivity index (χ4n) is 5.30. The fraction of sp³-hybridized carbons (Fsp3) is 0.724. The lowest BCUT2D eigenvalue weighted by Crippen LogP contribution is -2.25. The van der Waals surface area contributed by atoms with E-state index < -0.39 is 17.5 Å². The minimum atomic E-state index is -3.68. The molecular formula is C29H43F3O2. The number of allylic oxidation sites excluding steroid dienone is 1. The zero-order chi connectivity index (χ0) is 24.4. The van der Waals surface area contributed by atoms with Crippen molar-refractivity contribution in [3.05, 3.63) is 34.8 Å². The Morgan fingerprint density at radius 3 is 2.24 bits per heavy atom. The normalized spacial score (nSPS) is 21.5. The molecule has 0 aromatic heterocycles. The Hall–Kier alpha value is -1.65. The van der Waals surface area contributed by atoms with Crippen molar-refractivity contribution in [2.45, 2.75) is 116 Å². The van der Waals surface area contributed by atoms with Gasteiger partial charge in [0.15, 0.2) is 11.6 Å². The van der Waals surface area contributed by atoms with Gasteiger partial charge in [0, 0.05) is 6.42 Å². The van der Waals surface area contributed by atoms with Crippen molar-refractivity contribution in [3.8, 4) is 5.75 Å². The van der Waals surface area contributed by atoms with Gasteiger partial charge >= 0.3 is 6.11 Å². The molecule has 0 saturated heterocycles. The number of fused-ring (bicyclic) bond motifs is 1. The molecule has 0 amide bonds. The van der Waals surface area contributed by atoms with Crippen LogP contribution in [0.3, 0.4) is 0 Å². The van der Waals surface area contributed by atoms with Crippen LogP contribution in [-0.2, 0) is 10.8 Å². The molecule has 0 spiro atoms. The monoisotopic (exact) mass is 480 g/mol. The van der Waals surface area contributed by atoms with Crippen molar-refractivity contribution < 1.29 is 22.6 Å². The Balaban J connectivity index is 1.52. The second-order valence-corrected chi connectivity index (χ2v) is 10.3. The van der Waals surface area contributed by atoms with E-state index in [9.17, 15) is 8.78 Å². The van der Waals surface area contributed by atoms with E-state index >= 15 is 4.39 Å². The van der Waals surface area contributed by atoms with Gasteiger partial charge in [-0.1, -0.05) is 90.5 Å². The Morgan fingerprint density at radius 1 is 0.882 bits per heavy atom. The van der Waals surface area contributed by atoms with Gasteiger partial charge in [0.2, 0.25) is 0 Å². The van der Waals surface area contributed by atoms with Crippen molar-refractivity contribution in [2.24, 2.45) is 11.8 Å². The van der Waals surface area contributed by atoms with Crippen molar-refractivity contribution >= 4 is 6.08 Å². The quantitative estimate of drug-likeness (QED) is 0.247. The maximum absolute atomic E-state index is 15.1. The second-order valence-electron chi connectivity index (χ2n) is 10.3. The van der Waals surface area contributed by atoms with Gasteiger partial charge < -0.3 is 9.47 Å². The zero-order valence-electron chi connectivity index (χ0n) is 21.2. The van der Waals surface area contributed by atoms with Crippen molar-refractivity contribution in [1.82, 2.24) is 0 Å². The molecule has 1 saturated carbocycles. The summed E-state index contributed by atoms with van der Waals surface area (Å²) in [5.74, 6) is 0.286. The first-order chi connectivity index (χ1) is 16.4. The third kappa shape index (κ3) is 7.68. The number of unbranched alkanes of at least 4 members (excludes halogenated alkanes) is 7. The number of alkyl halides is 2. The minimum absolute atomic E-state index is 0.0971. The zero-order valence-corrected chi connectivity index (χ0v) is 21.2. The van der Waals surface area contributed by atoms with E-state index in [1.54, 1.807) is 6.08 Å². The average molecular weight is 481 g/mol. The first-order valence-electron chi connectivity index (χ1n) is 13.7. The molecule has 0 N–H and O–H groups in total. The molecule has 2 aliphatic rings. The van der Waals surface area contributed by atoms with E-state index in [2.05, 4.69) is 13.8 Å². The largest absolute Gasteiger partial charge is 0.490 e. The second kappa shape index (κ2) is 13.4. The summed E-state index contributed by atoms with van der Waals surface area (Å²) < 4.78 is 55.2. The SMILES string of the molecule is CCCCCCCC1=Cc2ccc(OCC3CCC(CCCCCC)CC3)c(F)c2C(F)(F)O1. The lowest BCUT2D eigenvalue weighted by molar-refractivity contribution is -0.228. The number of halogens is 3. The van der Waals surface area contributed by atoms with Crippen LogP contribution in [0.15, 0.2) is 17.9 Å². The van der Waals surface area contributed by atoms with Gasteiger partial charge in [-0.15, -0.1) is 0 Å². The Kier molecular flexibility index (Phi) is 10.7. The Morgan fingerprint density at radius 2 is 1.53 bits per heavy atom. The molecule has 5 heteroatoms. The Labute approximate surface area is 204 Å². The number of benzene rings is 1. The van der Waals surface area contributed by atoms with Gasteiger partial charge in [-0.25, -0.2) is 4.39 Å². The summed E-state index contributed by atoms with van der Waals surface area (Å²) in [6, 6.07) is 3.03. The van der Waals surface area contributed by atoms with E-state index in [1.807, 2.05) is 0 Å². The summed E-state index contributed by atoms with van der Waals surface area (Å²) >= 11 is 0. The molecule has 0 unspecified atom stereocenters. The maximum atomic E-state index is 15.1. The van der Waals surface area contributed by atoms with Gasteiger partial charge in [-0.05, 0) is 48.8 Å². The molecule has 0 radical (unpaired) electrons. The van der Waals surface area contributed by atoms with Gasteiger partial charge in [-0.2, -0.15) is 8.78 Å². The highest BCUT2D eigenvalue weighted by atomic mass is 19.3. The fourth-order valence-corrected chi connectivity index (χ4v) is 5.30. The number of hydrogen-bond donors (Lipinski definition) is 0. The number of rotatable bonds is 14. The van der Waals surface area contributed by atoms with Gasteiger partial charge in [0.05, 0.1) is 6.61 Å². The van der Waals surface area contributed by atoms with Gasteiger partial charge in [0.1, 0.15) is 11.3 Å². The highest BCUT2D eigenvalue weighted by Gasteiger charge is 2.44. The third-order valence-electron chi connectivity index (χ3n) is 7.44. The Bertz CT molecular complexity index is 782. The minimum Gasteiger partial charge on any atom is -0.490 e. The van der Waals surface area contributed by atoms with Crippen LogP contribution in [0, 0.1) is 17.7 Å². The van der Waals surface area contributed by atoms with Crippen LogP contribution in [0.5, 0.6) is 5.75 Å². The van der Waals surface area contributed by atoms with E-state index in [1.165, 1.54) is 57.1 Å². The summed E-state index contributed by atoms with van der Waals surface area (Å²) in [6.45, 7) is 4.75. The molecule has 0 bridgehead atoms. The highest BCUT2D eigenvalue weighted by molar-refractivity contribution is 5.60. The topological polar surface area (TPSA) is 18.5 Å². The predicted molar refractivity (Wildman–Crippen MR) is 132 cm³/mol. The standard InChI is InChI=1S/C29H43F3O2/c1-3-5-7-9-11-13-25-20-24-18-19-26(28(30)27(24)29(31,32)34-25)33-21-23-16-14-22(15-17-23)12-10-8-6-4-2/h18-20,22-23H,3-17,21H2,1-2H3. The smallest absolute Gasteiger partial charge is 0.430 e. The lowest BCUT2D eigenvalue weighted by Gasteiger charge is -2.29. The molecule has 1 heterocycles. The van der Waals surface area contributed by atoms with Crippen molar-refractivity contribution in [2.75, 3.05) is 6.61 Å². The molecule has 0 atom stereocenters. The first-order valence-corrected chi connectivity index (χ1v) is 13.7. The van der Waals surface area contributed by atoms with Crippen LogP contribution >= 0.6 is 0 Å². The summed E-state index contributed by atoms with van der Waals surface area (Å²) in [7, 11) is 0. The molecule has 192 valence electrons. The number of ether oxygens (including phenoxy) is 2. The molecule has 1 aromatic carbocycles. The molecule has 1 fully saturated rings. The highest BCUT2D eigenvalue weighted by Crippen LogP contribution is 2.44. The molecular weight excluding hydrogens is 437 g/mol. The van der Waals surface area contributed by atoms with E-state index in [0.29, 0.717) is 18.9 Å². The van der Waals surface area contributed by atoms with Crippen LogP contribution in [0.2, 0.25) is 0 Å². The van der Waals surface area contributed by atoms with Crippen LogP contribution in [-0.4, -0.2) is 6.61 Å². The van der Waals surface area contributed by atoms with Crippen LogP contribution < -0.4 is 4.74 Å². The number of hydrogen-bond acceptors (Lipinski definition) is 2. The summed E-state index contributed by atoms with van der Waals surface area (Å²) in [5, 5.41) is 0. The van der Waals surface area contributed by atoms with Crippen molar-refractivity contribution in [3.63, 3.8) is 0 Å². The van der Waals surface area contributed by atoms with Crippen LogP contribution in [0.25, 0.3) is 6.08 Å². The third-order valence-corrected chi connectivity index (χ3v) is 7.44. The van der Waals surface area contributed by atoms with Gasteiger partial charge in [-0.3, -0.25) is 0 Å². The van der Waals surface area contributed by atoms with E-state index in [-0.39, 0.29) is 17.1 Å². The lowest BCUT2D eigenvalue weighted by atomic mass is 9.80. The molecule has 1 aromatic rings. The molecule has 2 nitrogen and oxygen atoms in total. The van der Waals surface area contributed by atoms with Crippen LogP contribution in [0.1, 0.15) is 121 Å². The first kappa shape index (κ1) is 26.9. The van der Waals surface area contributed by atoms with E-state index in [4.69, 9.17) is 9.47 Å². The van der Waals surface area contributed by atoms with E-state index in [0.717, 1.165) is 50.9 Å². The van der Waals surface area contributed by atoms with Crippen LogP contribution in [0.4, 0.5) is 13.2 Å². The average Bonchev–Trinajstić information content (AvgIpc) is 2.81.